The highest BCUT2D eigenvalue weighted by molar-refractivity contribution is 5.95. The van der Waals surface area contributed by atoms with Crippen molar-refractivity contribution in [1.82, 2.24) is 14.8 Å². The van der Waals surface area contributed by atoms with E-state index in [4.69, 9.17) is 0 Å². The molecule has 0 spiro atoms. The van der Waals surface area contributed by atoms with Crippen molar-refractivity contribution in [3.8, 4) is 0 Å². The van der Waals surface area contributed by atoms with Gasteiger partial charge in [-0.1, -0.05) is 25.3 Å². The Morgan fingerprint density at radius 3 is 2.58 bits per heavy atom. The number of nitro benzene ring substituents is 1. The minimum Gasteiger partial charge on any atom is -0.371 e. The number of hydrogen-bond donors (Lipinski definition) is 1. The zero-order valence-corrected chi connectivity index (χ0v) is 19.3. The van der Waals surface area contributed by atoms with Crippen LogP contribution in [0.3, 0.4) is 0 Å². The lowest BCUT2D eigenvalue weighted by Crippen LogP contribution is -2.49. The third kappa shape index (κ3) is 5.87. The predicted octanol–water partition coefficient (Wildman–Crippen LogP) is 4.50. The molecule has 1 aliphatic heterocycles. The largest absolute Gasteiger partial charge is 0.371 e. The van der Waals surface area contributed by atoms with Crippen molar-refractivity contribution in [3.05, 3.63) is 64.0 Å². The van der Waals surface area contributed by atoms with Gasteiger partial charge in [0.2, 0.25) is 0 Å². The maximum absolute atomic E-state index is 13.1. The van der Waals surface area contributed by atoms with Crippen molar-refractivity contribution in [2.45, 2.75) is 45.1 Å². The quantitative estimate of drug-likeness (QED) is 0.492. The molecule has 2 fully saturated rings. The topological polar surface area (TPSA) is 91.6 Å². The summed E-state index contributed by atoms with van der Waals surface area (Å²) in [7, 11) is 0. The molecule has 0 bridgehead atoms. The van der Waals surface area contributed by atoms with E-state index in [1.54, 1.807) is 18.3 Å². The normalized spacial score (nSPS) is 18.6. The van der Waals surface area contributed by atoms with E-state index in [9.17, 15) is 14.9 Å². The van der Waals surface area contributed by atoms with Gasteiger partial charge in [-0.05, 0) is 49.9 Å². The van der Waals surface area contributed by atoms with E-state index in [1.165, 1.54) is 38.2 Å². The van der Waals surface area contributed by atoms with E-state index < -0.39 is 4.92 Å². The Bertz CT molecular complexity index is 954. The predicted molar refractivity (Wildman–Crippen MR) is 128 cm³/mol. The maximum Gasteiger partial charge on any atom is 0.293 e. The van der Waals surface area contributed by atoms with E-state index in [0.29, 0.717) is 24.3 Å². The molecule has 1 N–H and O–H groups in total. The Kier molecular flexibility index (Phi) is 7.54. The van der Waals surface area contributed by atoms with Crippen LogP contribution in [0.4, 0.5) is 11.4 Å². The van der Waals surface area contributed by atoms with Crippen molar-refractivity contribution in [2.75, 3.05) is 38.0 Å². The molecule has 1 saturated heterocycles. The summed E-state index contributed by atoms with van der Waals surface area (Å²) >= 11 is 0. The maximum atomic E-state index is 13.1. The summed E-state index contributed by atoms with van der Waals surface area (Å²) in [6.45, 7) is 6.09. The van der Waals surface area contributed by atoms with Gasteiger partial charge in [0.25, 0.3) is 11.6 Å². The van der Waals surface area contributed by atoms with Crippen LogP contribution in [0.25, 0.3) is 0 Å². The average molecular weight is 452 g/mol. The summed E-state index contributed by atoms with van der Waals surface area (Å²) in [4.78, 5) is 33.0. The Morgan fingerprint density at radius 1 is 1.15 bits per heavy atom. The molecule has 2 aliphatic rings. The summed E-state index contributed by atoms with van der Waals surface area (Å²) in [6.07, 6.45) is 8.38. The fourth-order valence-electron chi connectivity index (χ4n) is 4.93. The smallest absolute Gasteiger partial charge is 0.293 e. The van der Waals surface area contributed by atoms with E-state index in [1.807, 2.05) is 30.0 Å². The number of nitro groups is 1. The van der Waals surface area contributed by atoms with Crippen LogP contribution in [-0.2, 0) is 0 Å². The summed E-state index contributed by atoms with van der Waals surface area (Å²) in [6, 6.07) is 10.1. The number of nitrogens with one attached hydrogen (secondary N) is 1. The lowest BCUT2D eigenvalue weighted by molar-refractivity contribution is -0.384. The van der Waals surface area contributed by atoms with Gasteiger partial charge >= 0.3 is 0 Å². The molecule has 2 aromatic rings. The third-order valence-corrected chi connectivity index (χ3v) is 6.85. The molecular formula is C25H33N5O3. The number of benzene rings is 1. The number of carbonyl (C=O) groups excluding carboxylic acids is 1. The van der Waals surface area contributed by atoms with Crippen molar-refractivity contribution < 1.29 is 9.72 Å². The van der Waals surface area contributed by atoms with Crippen molar-refractivity contribution in [2.24, 2.45) is 5.92 Å². The molecule has 1 saturated carbocycles. The Balaban J connectivity index is 1.38. The van der Waals surface area contributed by atoms with Gasteiger partial charge in [0.15, 0.2) is 0 Å². The molecule has 1 aromatic heterocycles. The fourth-order valence-corrected chi connectivity index (χ4v) is 4.93. The van der Waals surface area contributed by atoms with Gasteiger partial charge in [0.1, 0.15) is 5.69 Å². The van der Waals surface area contributed by atoms with Gasteiger partial charge in [-0.3, -0.25) is 24.8 Å². The average Bonchev–Trinajstić information content (AvgIpc) is 2.85. The van der Waals surface area contributed by atoms with Gasteiger partial charge in [-0.15, -0.1) is 0 Å². The highest BCUT2D eigenvalue weighted by atomic mass is 16.6. The van der Waals surface area contributed by atoms with Crippen LogP contribution >= 0.6 is 0 Å². The summed E-state index contributed by atoms with van der Waals surface area (Å²) < 4.78 is 0. The molecule has 176 valence electrons. The van der Waals surface area contributed by atoms with Gasteiger partial charge in [0, 0.05) is 50.6 Å². The van der Waals surface area contributed by atoms with E-state index in [0.717, 1.165) is 31.2 Å². The number of hydrogen-bond acceptors (Lipinski definition) is 6. The van der Waals surface area contributed by atoms with Crippen LogP contribution in [0, 0.1) is 16.0 Å². The molecule has 2 heterocycles. The second-order valence-electron chi connectivity index (χ2n) is 9.21. The summed E-state index contributed by atoms with van der Waals surface area (Å²) in [5.74, 6) is 0.650. The number of carbonyl (C=O) groups is 1. The molecule has 0 radical (unpaired) electrons. The molecule has 1 aromatic carbocycles. The van der Waals surface area contributed by atoms with Crippen molar-refractivity contribution in [3.63, 3.8) is 0 Å². The number of nitrogens with zero attached hydrogens (tertiary/aromatic N) is 4. The second-order valence-corrected chi connectivity index (χ2v) is 9.21. The standard InChI is InChI=1S/C25H33N5O3/c1-19(22-9-5-6-12-26-22)27-23-11-10-21(17-24(23)30(32)33)25(31)29-15-13-28(14-16-29)18-20-7-3-2-4-8-20/h5-6,9-12,17,19-20,27H,2-4,7-8,13-16,18H2,1H3. The van der Waals surface area contributed by atoms with E-state index in [-0.39, 0.29) is 17.6 Å². The van der Waals surface area contributed by atoms with Gasteiger partial charge < -0.3 is 10.2 Å². The number of aromatic nitrogens is 1. The first-order valence-electron chi connectivity index (χ1n) is 12.0. The Hall–Kier alpha value is -3.00. The first-order chi connectivity index (χ1) is 16.0. The molecule has 8 nitrogen and oxygen atoms in total. The van der Waals surface area contributed by atoms with Crippen molar-refractivity contribution >= 4 is 17.3 Å². The number of piperazine rings is 1. The van der Waals surface area contributed by atoms with Crippen LogP contribution in [-0.4, -0.2) is 58.3 Å². The van der Waals surface area contributed by atoms with Crippen LogP contribution in [0.15, 0.2) is 42.6 Å². The first-order valence-corrected chi connectivity index (χ1v) is 12.0. The van der Waals surface area contributed by atoms with E-state index in [2.05, 4.69) is 15.2 Å². The molecule has 8 heteroatoms. The van der Waals surface area contributed by atoms with E-state index >= 15 is 0 Å². The molecule has 1 unspecified atom stereocenters. The molecule has 1 atom stereocenters. The number of anilines is 1. The molecule has 4 rings (SSSR count). The Labute approximate surface area is 195 Å². The molecule has 1 amide bonds. The molecular weight excluding hydrogens is 418 g/mol. The lowest BCUT2D eigenvalue weighted by atomic mass is 9.89. The number of pyridine rings is 1. The molecule has 1 aliphatic carbocycles. The zero-order chi connectivity index (χ0) is 23.2. The van der Waals surface area contributed by atoms with Gasteiger partial charge in [0.05, 0.1) is 16.7 Å². The highest BCUT2D eigenvalue weighted by Crippen LogP contribution is 2.30. The SMILES string of the molecule is CC(Nc1ccc(C(=O)N2CCN(CC3CCCCC3)CC2)cc1[N+](=O)[O-])c1ccccn1. The first kappa shape index (κ1) is 23.2. The fraction of sp³-hybridized carbons (Fsp3) is 0.520. The van der Waals surface area contributed by atoms with Crippen LogP contribution < -0.4 is 5.32 Å². The highest BCUT2D eigenvalue weighted by Gasteiger charge is 2.26. The summed E-state index contributed by atoms with van der Waals surface area (Å²) in [5.41, 5.74) is 1.43. The van der Waals surface area contributed by atoms with Crippen LogP contribution in [0.5, 0.6) is 0 Å². The van der Waals surface area contributed by atoms with Crippen LogP contribution in [0.1, 0.15) is 61.1 Å². The number of amides is 1. The third-order valence-electron chi connectivity index (χ3n) is 6.85. The van der Waals surface area contributed by atoms with Gasteiger partial charge in [-0.2, -0.15) is 0 Å². The second kappa shape index (κ2) is 10.7. The molecule has 33 heavy (non-hydrogen) atoms. The van der Waals surface area contributed by atoms with Crippen molar-refractivity contribution in [1.29, 1.82) is 0 Å². The lowest BCUT2D eigenvalue weighted by Gasteiger charge is -2.37. The minimum atomic E-state index is -0.438. The monoisotopic (exact) mass is 451 g/mol. The summed E-state index contributed by atoms with van der Waals surface area (Å²) in [5, 5.41) is 14.9. The number of rotatable bonds is 7. The van der Waals surface area contributed by atoms with Gasteiger partial charge in [-0.25, -0.2) is 0 Å². The van der Waals surface area contributed by atoms with Crippen LogP contribution in [0.2, 0.25) is 0 Å². The Morgan fingerprint density at radius 2 is 1.91 bits per heavy atom. The minimum absolute atomic E-state index is 0.0976. The zero-order valence-electron chi connectivity index (χ0n) is 19.3.